The summed E-state index contributed by atoms with van der Waals surface area (Å²) in [5.74, 6) is 0.447. The molecule has 0 saturated heterocycles. The van der Waals surface area contributed by atoms with E-state index in [-0.39, 0.29) is 11.2 Å². The Morgan fingerprint density at radius 1 is 1.45 bits per heavy atom. The van der Waals surface area contributed by atoms with Crippen molar-refractivity contribution in [2.24, 2.45) is 17.1 Å². The van der Waals surface area contributed by atoms with Crippen molar-refractivity contribution in [2.75, 3.05) is 6.54 Å². The van der Waals surface area contributed by atoms with Crippen LogP contribution in [0.3, 0.4) is 0 Å². The third kappa shape index (κ3) is 3.07. The average Bonchev–Trinajstić information content (AvgIpc) is 2.46. The predicted octanol–water partition coefficient (Wildman–Crippen LogP) is 4.17. The van der Waals surface area contributed by atoms with Crippen LogP contribution in [0.2, 0.25) is 0 Å². The third-order valence-corrected chi connectivity index (χ3v) is 5.61. The number of hydrogen-bond acceptors (Lipinski definition) is 2. The van der Waals surface area contributed by atoms with Gasteiger partial charge in [-0.25, -0.2) is 4.39 Å². The molecule has 1 unspecified atom stereocenters. The Balaban J connectivity index is 2.23. The van der Waals surface area contributed by atoms with Gasteiger partial charge >= 0.3 is 0 Å². The Hall–Kier alpha value is -0.450. The Labute approximate surface area is 128 Å². The van der Waals surface area contributed by atoms with E-state index in [1.807, 2.05) is 0 Å². The standard InChI is InChI=1S/C16H23BrFNO/c1-2-11-5-7-16(10-19,8-6-11)15(20)13-4-3-12(18)9-14(13)17/h3-4,9,11,15,20H,2,5-8,10,19H2,1H3. The predicted molar refractivity (Wildman–Crippen MR) is 82.8 cm³/mol. The molecule has 0 amide bonds. The number of aliphatic hydroxyl groups excluding tert-OH is 1. The zero-order chi connectivity index (χ0) is 14.8. The third-order valence-electron chi connectivity index (χ3n) is 4.92. The van der Waals surface area contributed by atoms with Crippen molar-refractivity contribution in [1.82, 2.24) is 0 Å². The molecule has 1 saturated carbocycles. The molecule has 2 rings (SSSR count). The smallest absolute Gasteiger partial charge is 0.124 e. The maximum absolute atomic E-state index is 13.2. The van der Waals surface area contributed by atoms with Gasteiger partial charge in [0.1, 0.15) is 5.82 Å². The summed E-state index contributed by atoms with van der Waals surface area (Å²) < 4.78 is 13.8. The minimum atomic E-state index is -0.639. The molecule has 1 aliphatic carbocycles. The molecule has 0 radical (unpaired) electrons. The van der Waals surface area contributed by atoms with Gasteiger partial charge in [0.2, 0.25) is 0 Å². The number of benzene rings is 1. The molecule has 112 valence electrons. The highest BCUT2D eigenvalue weighted by molar-refractivity contribution is 9.10. The molecular formula is C16H23BrFNO. The molecule has 1 atom stereocenters. The summed E-state index contributed by atoms with van der Waals surface area (Å²) in [6.07, 6.45) is 4.66. The quantitative estimate of drug-likeness (QED) is 0.861. The first-order chi connectivity index (χ1) is 9.52. The highest BCUT2D eigenvalue weighted by Crippen LogP contribution is 2.48. The largest absolute Gasteiger partial charge is 0.388 e. The van der Waals surface area contributed by atoms with E-state index in [1.54, 1.807) is 6.07 Å². The van der Waals surface area contributed by atoms with Gasteiger partial charge in [0.05, 0.1) is 6.10 Å². The molecular weight excluding hydrogens is 321 g/mol. The van der Waals surface area contributed by atoms with E-state index in [1.165, 1.54) is 18.6 Å². The van der Waals surface area contributed by atoms with Crippen molar-refractivity contribution in [3.05, 3.63) is 34.1 Å². The Bertz CT molecular complexity index is 458. The average molecular weight is 344 g/mol. The first kappa shape index (κ1) is 15.9. The van der Waals surface area contributed by atoms with E-state index in [0.717, 1.165) is 37.2 Å². The molecule has 3 N–H and O–H groups in total. The Kier molecular flexibility index (Phi) is 5.21. The van der Waals surface area contributed by atoms with Crippen LogP contribution in [0.4, 0.5) is 4.39 Å². The molecule has 2 nitrogen and oxygen atoms in total. The van der Waals surface area contributed by atoms with E-state index in [2.05, 4.69) is 22.9 Å². The summed E-state index contributed by atoms with van der Waals surface area (Å²) in [7, 11) is 0. The summed E-state index contributed by atoms with van der Waals surface area (Å²) in [6, 6.07) is 4.46. The van der Waals surface area contributed by atoms with Gasteiger partial charge in [-0.15, -0.1) is 0 Å². The van der Waals surface area contributed by atoms with Gasteiger partial charge < -0.3 is 10.8 Å². The highest BCUT2D eigenvalue weighted by Gasteiger charge is 2.41. The van der Waals surface area contributed by atoms with Gasteiger partial charge in [0.25, 0.3) is 0 Å². The summed E-state index contributed by atoms with van der Waals surface area (Å²) in [6.45, 7) is 2.68. The van der Waals surface area contributed by atoms with Gasteiger partial charge in [-0.2, -0.15) is 0 Å². The zero-order valence-corrected chi connectivity index (χ0v) is 13.5. The molecule has 0 spiro atoms. The lowest BCUT2D eigenvalue weighted by molar-refractivity contribution is -0.0108. The lowest BCUT2D eigenvalue weighted by atomic mass is 9.65. The van der Waals surface area contributed by atoms with Crippen LogP contribution in [-0.2, 0) is 0 Å². The summed E-state index contributed by atoms with van der Waals surface area (Å²) >= 11 is 3.35. The van der Waals surface area contributed by atoms with Crippen LogP contribution in [0, 0.1) is 17.2 Å². The topological polar surface area (TPSA) is 46.2 Å². The Morgan fingerprint density at radius 2 is 2.10 bits per heavy atom. The van der Waals surface area contributed by atoms with Crippen LogP contribution in [0.15, 0.2) is 22.7 Å². The van der Waals surface area contributed by atoms with Crippen molar-refractivity contribution in [1.29, 1.82) is 0 Å². The normalized spacial score (nSPS) is 28.4. The second-order valence-corrected chi connectivity index (χ2v) is 6.84. The van der Waals surface area contributed by atoms with Crippen LogP contribution in [0.1, 0.15) is 50.7 Å². The molecule has 1 aliphatic rings. The lowest BCUT2D eigenvalue weighted by Gasteiger charge is -2.43. The van der Waals surface area contributed by atoms with Crippen molar-refractivity contribution in [3.8, 4) is 0 Å². The van der Waals surface area contributed by atoms with Crippen LogP contribution < -0.4 is 5.73 Å². The molecule has 0 heterocycles. The van der Waals surface area contributed by atoms with Crippen molar-refractivity contribution in [3.63, 3.8) is 0 Å². The molecule has 1 aromatic rings. The van der Waals surface area contributed by atoms with E-state index in [4.69, 9.17) is 5.73 Å². The molecule has 0 aliphatic heterocycles. The maximum atomic E-state index is 13.2. The number of hydrogen-bond donors (Lipinski definition) is 2. The van der Waals surface area contributed by atoms with Gasteiger partial charge in [-0.05, 0) is 49.3 Å². The number of rotatable bonds is 4. The first-order valence-corrected chi connectivity index (χ1v) is 8.15. The fourth-order valence-electron chi connectivity index (χ4n) is 3.30. The summed E-state index contributed by atoms with van der Waals surface area (Å²) in [4.78, 5) is 0. The van der Waals surface area contributed by atoms with Gasteiger partial charge in [0, 0.05) is 16.4 Å². The summed E-state index contributed by atoms with van der Waals surface area (Å²) in [5, 5.41) is 10.8. The van der Waals surface area contributed by atoms with E-state index < -0.39 is 6.10 Å². The van der Waals surface area contributed by atoms with E-state index in [9.17, 15) is 9.50 Å². The molecule has 20 heavy (non-hydrogen) atoms. The molecule has 1 fully saturated rings. The number of aliphatic hydroxyl groups is 1. The second kappa shape index (κ2) is 6.54. The van der Waals surface area contributed by atoms with E-state index in [0.29, 0.717) is 11.0 Å². The number of nitrogens with two attached hydrogens (primary N) is 1. The molecule has 1 aromatic carbocycles. The number of halogens is 2. The maximum Gasteiger partial charge on any atom is 0.124 e. The summed E-state index contributed by atoms with van der Waals surface area (Å²) in [5.41, 5.74) is 6.46. The first-order valence-electron chi connectivity index (χ1n) is 7.35. The monoisotopic (exact) mass is 343 g/mol. The zero-order valence-electron chi connectivity index (χ0n) is 11.9. The SMILES string of the molecule is CCC1CCC(CN)(C(O)c2ccc(F)cc2Br)CC1. The fourth-order valence-corrected chi connectivity index (χ4v) is 3.87. The second-order valence-electron chi connectivity index (χ2n) is 5.99. The van der Waals surface area contributed by atoms with Crippen LogP contribution in [0.5, 0.6) is 0 Å². The molecule has 0 bridgehead atoms. The Morgan fingerprint density at radius 3 is 2.60 bits per heavy atom. The molecule has 4 heteroatoms. The van der Waals surface area contributed by atoms with Crippen molar-refractivity contribution < 1.29 is 9.50 Å². The fraction of sp³-hybridized carbons (Fsp3) is 0.625. The van der Waals surface area contributed by atoms with Gasteiger partial charge in [-0.1, -0.05) is 35.3 Å². The van der Waals surface area contributed by atoms with Crippen molar-refractivity contribution in [2.45, 2.75) is 45.1 Å². The van der Waals surface area contributed by atoms with Gasteiger partial charge in [-0.3, -0.25) is 0 Å². The lowest BCUT2D eigenvalue weighted by Crippen LogP contribution is -2.40. The van der Waals surface area contributed by atoms with Crippen molar-refractivity contribution >= 4 is 15.9 Å². The highest BCUT2D eigenvalue weighted by atomic mass is 79.9. The minimum absolute atomic E-state index is 0.272. The molecule has 0 aromatic heterocycles. The minimum Gasteiger partial charge on any atom is -0.388 e. The van der Waals surface area contributed by atoms with Gasteiger partial charge in [0.15, 0.2) is 0 Å². The van der Waals surface area contributed by atoms with Crippen LogP contribution in [0.25, 0.3) is 0 Å². The van der Waals surface area contributed by atoms with E-state index >= 15 is 0 Å². The van der Waals surface area contributed by atoms with Crippen LogP contribution >= 0.6 is 15.9 Å². The van der Waals surface area contributed by atoms with Crippen LogP contribution in [-0.4, -0.2) is 11.7 Å².